The van der Waals surface area contributed by atoms with Gasteiger partial charge in [-0.3, -0.25) is 4.57 Å². The van der Waals surface area contributed by atoms with Crippen LogP contribution in [-0.4, -0.2) is 16.1 Å². The van der Waals surface area contributed by atoms with Crippen molar-refractivity contribution in [3.63, 3.8) is 0 Å². The number of nitrogens with one attached hydrogen (secondary N) is 1. The summed E-state index contributed by atoms with van der Waals surface area (Å²) in [6.45, 7) is 6.96. The Labute approximate surface area is 112 Å². The zero-order chi connectivity index (χ0) is 13.0. The lowest BCUT2D eigenvalue weighted by Gasteiger charge is -2.10. The normalized spacial score (nSPS) is 10.6. The highest BCUT2D eigenvalue weighted by molar-refractivity contribution is 6.29. The van der Waals surface area contributed by atoms with Gasteiger partial charge < -0.3 is 5.32 Å². The molecule has 0 aliphatic carbocycles. The molecule has 1 aromatic carbocycles. The third-order valence-electron chi connectivity index (χ3n) is 2.65. The molecule has 3 nitrogen and oxygen atoms in total. The van der Waals surface area contributed by atoms with E-state index in [0.717, 1.165) is 17.2 Å². The quantitative estimate of drug-likeness (QED) is 0.897. The first-order valence-electron chi connectivity index (χ1n) is 5.81. The molecule has 0 unspecified atom stereocenters. The van der Waals surface area contributed by atoms with Crippen molar-refractivity contribution in [2.45, 2.75) is 13.5 Å². The molecule has 0 aliphatic rings. The van der Waals surface area contributed by atoms with Crippen LogP contribution in [0.2, 0.25) is 0 Å². The van der Waals surface area contributed by atoms with E-state index in [2.05, 4.69) is 33.6 Å². The van der Waals surface area contributed by atoms with Crippen molar-refractivity contribution in [1.29, 1.82) is 0 Å². The van der Waals surface area contributed by atoms with Crippen LogP contribution in [0.25, 0.3) is 5.69 Å². The summed E-state index contributed by atoms with van der Waals surface area (Å²) in [5, 5.41) is 3.84. The highest BCUT2D eigenvalue weighted by atomic mass is 35.5. The molecule has 1 heterocycles. The van der Waals surface area contributed by atoms with Crippen LogP contribution in [-0.2, 0) is 6.54 Å². The van der Waals surface area contributed by atoms with Crippen LogP contribution >= 0.6 is 11.6 Å². The predicted molar refractivity (Wildman–Crippen MR) is 75.0 cm³/mol. The Morgan fingerprint density at radius 3 is 2.78 bits per heavy atom. The number of rotatable bonds is 5. The van der Waals surface area contributed by atoms with Gasteiger partial charge in [0.25, 0.3) is 0 Å². The third kappa shape index (κ3) is 3.00. The largest absolute Gasteiger partial charge is 0.306 e. The average molecular weight is 262 g/mol. The van der Waals surface area contributed by atoms with Gasteiger partial charge in [0.15, 0.2) is 0 Å². The van der Waals surface area contributed by atoms with Crippen molar-refractivity contribution in [3.05, 3.63) is 59.7 Å². The molecule has 94 valence electrons. The van der Waals surface area contributed by atoms with Crippen molar-refractivity contribution in [2.75, 3.05) is 6.54 Å². The van der Waals surface area contributed by atoms with Crippen molar-refractivity contribution < 1.29 is 0 Å². The van der Waals surface area contributed by atoms with Crippen LogP contribution in [0.4, 0.5) is 0 Å². The van der Waals surface area contributed by atoms with E-state index < -0.39 is 0 Å². The van der Waals surface area contributed by atoms with Crippen molar-refractivity contribution >= 4 is 11.6 Å². The smallest absolute Gasteiger partial charge is 0.110 e. The fraction of sp³-hybridized carbons (Fsp3) is 0.214. The van der Waals surface area contributed by atoms with Crippen LogP contribution in [0.3, 0.4) is 0 Å². The molecule has 4 heteroatoms. The minimum absolute atomic E-state index is 0.598. The summed E-state index contributed by atoms with van der Waals surface area (Å²) in [5.74, 6) is 0.975. The van der Waals surface area contributed by atoms with E-state index in [1.807, 2.05) is 31.3 Å². The van der Waals surface area contributed by atoms with Crippen LogP contribution in [0.5, 0.6) is 0 Å². The van der Waals surface area contributed by atoms with Crippen LogP contribution in [0, 0.1) is 6.92 Å². The molecule has 2 rings (SSSR count). The summed E-state index contributed by atoms with van der Waals surface area (Å²) in [6, 6.07) is 10.2. The molecule has 0 amide bonds. The Balaban J connectivity index is 2.20. The maximum Gasteiger partial charge on any atom is 0.110 e. The molecule has 0 spiro atoms. The Bertz CT molecular complexity index is 531. The van der Waals surface area contributed by atoms with E-state index in [-0.39, 0.29) is 0 Å². The number of hydrogen-bond donors (Lipinski definition) is 1. The fourth-order valence-electron chi connectivity index (χ4n) is 1.87. The second-order valence-electron chi connectivity index (χ2n) is 4.09. The minimum atomic E-state index is 0.598. The molecular weight excluding hydrogens is 246 g/mol. The van der Waals surface area contributed by atoms with Gasteiger partial charge in [-0.2, -0.15) is 0 Å². The number of hydrogen-bond acceptors (Lipinski definition) is 2. The number of aromatic nitrogens is 2. The monoisotopic (exact) mass is 261 g/mol. The molecule has 18 heavy (non-hydrogen) atoms. The Hall–Kier alpha value is -1.58. The number of nitrogens with zero attached hydrogens (tertiary/aromatic N) is 2. The lowest BCUT2D eigenvalue weighted by molar-refractivity contribution is 0.716. The van der Waals surface area contributed by atoms with Gasteiger partial charge in [0, 0.05) is 23.8 Å². The average Bonchev–Trinajstić information content (AvgIpc) is 2.71. The van der Waals surface area contributed by atoms with Gasteiger partial charge >= 0.3 is 0 Å². The molecule has 0 atom stereocenters. The van der Waals surface area contributed by atoms with Gasteiger partial charge in [-0.15, -0.1) is 0 Å². The van der Waals surface area contributed by atoms with E-state index in [0.29, 0.717) is 18.1 Å². The maximum atomic E-state index is 5.73. The Morgan fingerprint density at radius 2 is 2.11 bits per heavy atom. The number of aryl methyl sites for hydroxylation is 1. The number of halogens is 1. The molecule has 1 aromatic heterocycles. The third-order valence-corrected chi connectivity index (χ3v) is 2.78. The maximum absolute atomic E-state index is 5.73. The lowest BCUT2D eigenvalue weighted by atomic mass is 10.3. The summed E-state index contributed by atoms with van der Waals surface area (Å²) in [5.41, 5.74) is 2.23. The van der Waals surface area contributed by atoms with Crippen LogP contribution in [0.1, 0.15) is 11.5 Å². The SMILES string of the molecule is C=C(Cl)CNCc1cnc(C)n1-c1ccccc1. The van der Waals surface area contributed by atoms with Gasteiger partial charge in [-0.25, -0.2) is 4.98 Å². The van der Waals surface area contributed by atoms with Crippen LogP contribution < -0.4 is 5.32 Å². The van der Waals surface area contributed by atoms with Crippen molar-refractivity contribution in [1.82, 2.24) is 14.9 Å². The molecule has 0 saturated carbocycles. The molecule has 0 bridgehead atoms. The van der Waals surface area contributed by atoms with E-state index in [9.17, 15) is 0 Å². The summed E-state index contributed by atoms with van der Waals surface area (Å²) in [4.78, 5) is 4.36. The number of benzene rings is 1. The summed E-state index contributed by atoms with van der Waals surface area (Å²) < 4.78 is 2.13. The molecule has 0 fully saturated rings. The summed E-state index contributed by atoms with van der Waals surface area (Å²) >= 11 is 5.73. The van der Waals surface area contributed by atoms with Gasteiger partial charge in [-0.1, -0.05) is 36.4 Å². The number of para-hydroxylation sites is 1. The van der Waals surface area contributed by atoms with E-state index in [1.54, 1.807) is 0 Å². The minimum Gasteiger partial charge on any atom is -0.306 e. The number of imidazole rings is 1. The predicted octanol–water partition coefficient (Wildman–Crippen LogP) is 3.02. The highest BCUT2D eigenvalue weighted by Gasteiger charge is 2.07. The van der Waals surface area contributed by atoms with E-state index >= 15 is 0 Å². The van der Waals surface area contributed by atoms with Crippen LogP contribution in [0.15, 0.2) is 48.1 Å². The fourth-order valence-corrected chi connectivity index (χ4v) is 1.97. The molecule has 1 N–H and O–H groups in total. The zero-order valence-corrected chi connectivity index (χ0v) is 11.1. The second kappa shape index (κ2) is 5.85. The summed E-state index contributed by atoms with van der Waals surface area (Å²) in [7, 11) is 0. The molecular formula is C14H16ClN3. The second-order valence-corrected chi connectivity index (χ2v) is 4.62. The lowest BCUT2D eigenvalue weighted by Crippen LogP contribution is -2.17. The first kappa shape index (κ1) is 12.9. The van der Waals surface area contributed by atoms with E-state index in [4.69, 9.17) is 11.6 Å². The van der Waals surface area contributed by atoms with Crippen molar-refractivity contribution in [3.8, 4) is 5.69 Å². The Morgan fingerprint density at radius 1 is 1.39 bits per heavy atom. The first-order chi connectivity index (χ1) is 8.68. The topological polar surface area (TPSA) is 29.9 Å². The van der Waals surface area contributed by atoms with Gasteiger partial charge in [0.05, 0.1) is 11.9 Å². The standard InChI is InChI=1S/C14H16ClN3/c1-11(15)8-16-9-14-10-17-12(2)18(14)13-6-4-3-5-7-13/h3-7,10,16H,1,8-9H2,2H3. The zero-order valence-electron chi connectivity index (χ0n) is 10.4. The molecule has 0 aliphatic heterocycles. The molecule has 0 saturated heterocycles. The highest BCUT2D eigenvalue weighted by Crippen LogP contribution is 2.14. The van der Waals surface area contributed by atoms with Crippen molar-refractivity contribution in [2.24, 2.45) is 0 Å². The van der Waals surface area contributed by atoms with E-state index in [1.165, 1.54) is 0 Å². The van der Waals surface area contributed by atoms with Gasteiger partial charge in [-0.05, 0) is 19.1 Å². The first-order valence-corrected chi connectivity index (χ1v) is 6.19. The summed E-state index contributed by atoms with van der Waals surface area (Å²) in [6.07, 6.45) is 1.88. The van der Waals surface area contributed by atoms with Gasteiger partial charge in [0.2, 0.25) is 0 Å². The Kier molecular flexibility index (Phi) is 4.18. The molecule has 0 radical (unpaired) electrons. The van der Waals surface area contributed by atoms with Gasteiger partial charge in [0.1, 0.15) is 5.82 Å². The molecule has 2 aromatic rings.